The van der Waals surface area contributed by atoms with Gasteiger partial charge in [0.25, 0.3) is 0 Å². The summed E-state index contributed by atoms with van der Waals surface area (Å²) in [6, 6.07) is 97.5. The summed E-state index contributed by atoms with van der Waals surface area (Å²) < 4.78 is 0. The first kappa shape index (κ1) is 69.7. The average Bonchev–Trinajstić information content (AvgIpc) is 1.59. The molecule has 0 fully saturated rings. The molecule has 10 nitrogen and oxygen atoms in total. The fraction of sp³-hybridized carbons (Fsp3) is 0.0577. The Bertz CT molecular complexity index is 5990. The molecule has 2 aliphatic carbocycles. The molecule has 0 saturated carbocycles. The molecule has 10 aromatic carbocycles. The number of nitrogens with zero attached hydrogens (tertiary/aromatic N) is 10. The Kier molecular flexibility index (Phi) is 18.1. The highest BCUT2D eigenvalue weighted by atomic mass is 14.8. The number of aromatic nitrogens is 10. The predicted octanol–water partition coefficient (Wildman–Crippen LogP) is 25.3. The Morgan fingerprint density at radius 1 is 0.149 bits per heavy atom. The Morgan fingerprint density at radius 2 is 0.368 bits per heavy atom. The SMILES string of the molecule is CC1(C)c2ccccc2-c2ccc(-c3cc(-c4cccc(-c5cncc(-c6ccncc6)c5)c4)cc(-c4cccc(-c5cncc(-c6ccncc6)c5)c4)c3)cc21.CC1(C)c2ccccc2-c2ccc(-c3cc(-c4cccc(-c5cncc(-c6cncnc6)c5)c4)cc(-c4cccc(-c5cncc(-c6cncnc6)c5)c4)c3)cc21. The fourth-order valence-electron chi connectivity index (χ4n) is 16.5. The van der Waals surface area contributed by atoms with Crippen LogP contribution in [0.2, 0.25) is 0 Å². The summed E-state index contributed by atoms with van der Waals surface area (Å²) in [5.74, 6) is 0. The molecule has 114 heavy (non-hydrogen) atoms. The summed E-state index contributed by atoms with van der Waals surface area (Å²) in [7, 11) is 0. The van der Waals surface area contributed by atoms with Gasteiger partial charge in [-0.25, -0.2) is 19.9 Å². The van der Waals surface area contributed by atoms with Crippen molar-refractivity contribution in [2.24, 2.45) is 0 Å². The smallest absolute Gasteiger partial charge is 0.115 e. The van der Waals surface area contributed by atoms with Gasteiger partial charge >= 0.3 is 0 Å². The molecule has 0 unspecified atom stereocenters. The molecule has 540 valence electrons. The molecule has 0 N–H and O–H groups in total. The summed E-state index contributed by atoms with van der Waals surface area (Å²) in [6.45, 7) is 9.36. The van der Waals surface area contributed by atoms with E-state index < -0.39 is 0 Å². The number of hydrogen-bond donors (Lipinski definition) is 0. The van der Waals surface area contributed by atoms with Crippen LogP contribution in [0.15, 0.2) is 379 Å². The summed E-state index contributed by atoms with van der Waals surface area (Å²) >= 11 is 0. The molecular formula is C104H74N10. The van der Waals surface area contributed by atoms with E-state index >= 15 is 0 Å². The first-order valence-corrected chi connectivity index (χ1v) is 38.3. The lowest BCUT2D eigenvalue weighted by Crippen LogP contribution is -2.14. The van der Waals surface area contributed by atoms with Crippen LogP contribution in [-0.4, -0.2) is 49.8 Å². The van der Waals surface area contributed by atoms with Crippen molar-refractivity contribution in [3.8, 4) is 178 Å². The van der Waals surface area contributed by atoms with Gasteiger partial charge < -0.3 is 0 Å². The fourth-order valence-corrected chi connectivity index (χ4v) is 16.5. The number of fused-ring (bicyclic) bond motifs is 6. The van der Waals surface area contributed by atoms with Crippen LogP contribution >= 0.6 is 0 Å². The number of pyridine rings is 6. The van der Waals surface area contributed by atoms with E-state index in [1.54, 1.807) is 12.7 Å². The van der Waals surface area contributed by atoms with Crippen molar-refractivity contribution in [3.63, 3.8) is 0 Å². The van der Waals surface area contributed by atoms with Crippen molar-refractivity contribution in [3.05, 3.63) is 401 Å². The molecule has 20 rings (SSSR count). The highest BCUT2D eigenvalue weighted by Crippen LogP contribution is 2.52. The van der Waals surface area contributed by atoms with Gasteiger partial charge in [-0.2, -0.15) is 0 Å². The average molecular weight is 1460 g/mol. The third-order valence-electron chi connectivity index (χ3n) is 22.6. The molecule has 10 heteroatoms. The molecule has 0 aliphatic heterocycles. The highest BCUT2D eigenvalue weighted by Gasteiger charge is 2.37. The second kappa shape index (κ2) is 29.6. The van der Waals surface area contributed by atoms with Gasteiger partial charge in [-0.3, -0.25) is 29.9 Å². The molecule has 0 amide bonds. The Morgan fingerprint density at radius 3 is 0.667 bits per heavy atom. The minimum absolute atomic E-state index is 0.0945. The number of hydrogen-bond acceptors (Lipinski definition) is 10. The van der Waals surface area contributed by atoms with Crippen LogP contribution < -0.4 is 0 Å². The van der Waals surface area contributed by atoms with E-state index in [0.29, 0.717) is 0 Å². The second-order valence-corrected chi connectivity index (χ2v) is 30.4. The largest absolute Gasteiger partial charge is 0.265 e. The van der Waals surface area contributed by atoms with Crippen LogP contribution in [0.3, 0.4) is 0 Å². The molecule has 0 bridgehead atoms. The molecule has 2 aliphatic rings. The van der Waals surface area contributed by atoms with E-state index in [4.69, 9.17) is 0 Å². The van der Waals surface area contributed by atoms with E-state index in [2.05, 4.69) is 320 Å². The Hall–Kier alpha value is -14.7. The molecule has 8 aromatic heterocycles. The Labute approximate surface area is 663 Å². The minimum atomic E-state index is -0.103. The predicted molar refractivity (Wildman–Crippen MR) is 462 cm³/mol. The lowest BCUT2D eigenvalue weighted by molar-refractivity contribution is 0.660. The molecular weight excluding hydrogens is 1390 g/mol. The Balaban J connectivity index is 0.000000153. The van der Waals surface area contributed by atoms with Gasteiger partial charge in [0.1, 0.15) is 12.7 Å². The van der Waals surface area contributed by atoms with Crippen molar-refractivity contribution in [1.82, 2.24) is 49.8 Å². The van der Waals surface area contributed by atoms with Crippen molar-refractivity contribution < 1.29 is 0 Å². The molecule has 18 aromatic rings. The van der Waals surface area contributed by atoms with E-state index in [0.717, 1.165) is 139 Å². The lowest BCUT2D eigenvalue weighted by Gasteiger charge is -2.22. The minimum Gasteiger partial charge on any atom is -0.265 e. The summed E-state index contributed by atoms with van der Waals surface area (Å²) in [4.78, 5) is 43.7. The maximum absolute atomic E-state index is 4.63. The van der Waals surface area contributed by atoms with Crippen molar-refractivity contribution in [2.75, 3.05) is 0 Å². The van der Waals surface area contributed by atoms with Gasteiger partial charge in [0.05, 0.1) is 0 Å². The zero-order chi connectivity index (χ0) is 76.7. The van der Waals surface area contributed by atoms with Gasteiger partial charge in [0, 0.05) is 166 Å². The van der Waals surface area contributed by atoms with E-state index in [1.165, 1.54) is 61.2 Å². The first-order chi connectivity index (χ1) is 55.9. The topological polar surface area (TPSA) is 129 Å². The molecule has 0 spiro atoms. The van der Waals surface area contributed by atoms with Crippen LogP contribution in [-0.2, 0) is 10.8 Å². The molecule has 0 radical (unpaired) electrons. The third kappa shape index (κ3) is 13.6. The summed E-state index contributed by atoms with van der Waals surface area (Å²) in [5.41, 5.74) is 41.1. The monoisotopic (exact) mass is 1460 g/mol. The van der Waals surface area contributed by atoms with Gasteiger partial charge in [-0.1, -0.05) is 173 Å². The zero-order valence-electron chi connectivity index (χ0n) is 63.3. The lowest BCUT2D eigenvalue weighted by atomic mass is 9.81. The first-order valence-electron chi connectivity index (χ1n) is 38.3. The molecule has 0 saturated heterocycles. The van der Waals surface area contributed by atoms with E-state index in [1.807, 2.05) is 123 Å². The van der Waals surface area contributed by atoms with Crippen LogP contribution in [0.25, 0.3) is 178 Å². The number of rotatable bonds is 14. The normalized spacial score (nSPS) is 12.5. The van der Waals surface area contributed by atoms with Gasteiger partial charge in [0.15, 0.2) is 0 Å². The zero-order valence-corrected chi connectivity index (χ0v) is 63.3. The van der Waals surface area contributed by atoms with Gasteiger partial charge in [0.2, 0.25) is 0 Å². The maximum Gasteiger partial charge on any atom is 0.115 e. The maximum atomic E-state index is 4.63. The highest BCUT2D eigenvalue weighted by molar-refractivity contribution is 5.91. The third-order valence-corrected chi connectivity index (χ3v) is 22.6. The van der Waals surface area contributed by atoms with E-state index in [9.17, 15) is 0 Å². The number of benzene rings is 10. The van der Waals surface area contributed by atoms with Crippen molar-refractivity contribution in [1.29, 1.82) is 0 Å². The molecule has 8 heterocycles. The van der Waals surface area contributed by atoms with Crippen LogP contribution in [0, 0.1) is 0 Å². The second-order valence-electron chi connectivity index (χ2n) is 30.4. The standard InChI is InChI=1S/C53H38N4.C51H36N6/c1-53(2)51-12-4-3-11-49(51)50-14-13-41(30-52(50)53)44-26-42(37-7-5-9-39(23-37)47-28-45(31-56-33-47)35-15-19-54-20-16-35)25-43(27-44)38-8-6-10-40(24-38)48-29-46(32-57-34-48)36-17-21-55-22-18-36;1-51(2)49-12-4-3-11-47(49)48-14-13-37(22-50(48)51)40-18-38(33-7-5-9-35(15-33)41-20-43(25-52-23-41)45-27-54-31-55-28-45)17-39(19-40)34-8-6-10-36(16-34)42-21-44(26-53-24-42)46-29-56-32-57-30-46/h3-34H,1-2H3;3-32H,1-2H3. The summed E-state index contributed by atoms with van der Waals surface area (Å²) in [5, 5.41) is 0. The van der Waals surface area contributed by atoms with Gasteiger partial charge in [-0.05, 0) is 266 Å². The van der Waals surface area contributed by atoms with Gasteiger partial charge in [-0.15, -0.1) is 0 Å². The van der Waals surface area contributed by atoms with E-state index in [-0.39, 0.29) is 10.8 Å². The summed E-state index contributed by atoms with van der Waals surface area (Å²) in [6.07, 6.45) is 32.9. The van der Waals surface area contributed by atoms with Crippen LogP contribution in [0.4, 0.5) is 0 Å². The van der Waals surface area contributed by atoms with Crippen molar-refractivity contribution >= 4 is 0 Å². The van der Waals surface area contributed by atoms with Crippen LogP contribution in [0.1, 0.15) is 49.9 Å². The van der Waals surface area contributed by atoms with Crippen LogP contribution in [0.5, 0.6) is 0 Å². The van der Waals surface area contributed by atoms with Crippen molar-refractivity contribution in [2.45, 2.75) is 38.5 Å². The quantitative estimate of drug-likeness (QED) is 0.104. The molecule has 0 atom stereocenters.